The number of rotatable bonds is 3. The zero-order valence-electron chi connectivity index (χ0n) is 13.2. The summed E-state index contributed by atoms with van der Waals surface area (Å²) in [5, 5.41) is 0. The second-order valence-corrected chi connectivity index (χ2v) is 8.08. The first kappa shape index (κ1) is 14.1. The van der Waals surface area contributed by atoms with E-state index < -0.39 is 0 Å². The molecular weight excluding hydrogens is 220 g/mol. The van der Waals surface area contributed by atoms with E-state index in [4.69, 9.17) is 0 Å². The minimum atomic E-state index is 0.352. The summed E-state index contributed by atoms with van der Waals surface area (Å²) in [5.41, 5.74) is 0.857. The SMILES string of the molecule is CC(=O)CC(C)C1C(C)(C)C(C)CC2C(C)[C@@]21C. The Bertz CT molecular complexity index is 345. The van der Waals surface area contributed by atoms with Crippen LogP contribution in [0.4, 0.5) is 0 Å². The third-order valence-corrected chi connectivity index (χ3v) is 6.80. The number of carbonyl (C=O) groups excluding carboxylic acids is 1. The van der Waals surface area contributed by atoms with Gasteiger partial charge in [0.05, 0.1) is 0 Å². The number of fused-ring (bicyclic) bond motifs is 1. The lowest BCUT2D eigenvalue weighted by molar-refractivity contribution is -0.119. The topological polar surface area (TPSA) is 17.1 Å². The van der Waals surface area contributed by atoms with Gasteiger partial charge in [0.1, 0.15) is 5.78 Å². The van der Waals surface area contributed by atoms with Gasteiger partial charge in [0.2, 0.25) is 0 Å². The summed E-state index contributed by atoms with van der Waals surface area (Å²) >= 11 is 0. The van der Waals surface area contributed by atoms with E-state index in [-0.39, 0.29) is 0 Å². The smallest absolute Gasteiger partial charge is 0.130 e. The van der Waals surface area contributed by atoms with Gasteiger partial charge in [-0.3, -0.25) is 0 Å². The van der Waals surface area contributed by atoms with Crippen LogP contribution < -0.4 is 0 Å². The van der Waals surface area contributed by atoms with E-state index in [0.29, 0.717) is 28.4 Å². The summed E-state index contributed by atoms with van der Waals surface area (Å²) in [6.07, 6.45) is 2.14. The molecule has 0 aromatic heterocycles. The van der Waals surface area contributed by atoms with Crippen molar-refractivity contribution in [2.75, 3.05) is 0 Å². The summed E-state index contributed by atoms with van der Waals surface area (Å²) in [5.74, 6) is 4.10. The molecule has 0 saturated heterocycles. The van der Waals surface area contributed by atoms with Gasteiger partial charge in [-0.2, -0.15) is 0 Å². The molecule has 2 aliphatic carbocycles. The maximum Gasteiger partial charge on any atom is 0.130 e. The Labute approximate surface area is 113 Å². The van der Waals surface area contributed by atoms with Crippen molar-refractivity contribution in [3.05, 3.63) is 0 Å². The summed E-state index contributed by atoms with van der Waals surface area (Å²) in [6.45, 7) is 16.2. The van der Waals surface area contributed by atoms with Crippen LogP contribution in [0.25, 0.3) is 0 Å². The number of hydrogen-bond acceptors (Lipinski definition) is 1. The maximum atomic E-state index is 11.5. The highest BCUT2D eigenvalue weighted by Gasteiger charge is 2.69. The highest BCUT2D eigenvalue weighted by Crippen LogP contribution is 2.74. The number of carbonyl (C=O) groups is 1. The van der Waals surface area contributed by atoms with Gasteiger partial charge in [-0.05, 0) is 53.8 Å². The van der Waals surface area contributed by atoms with Crippen molar-refractivity contribution in [3.8, 4) is 0 Å². The summed E-state index contributed by atoms with van der Waals surface area (Å²) < 4.78 is 0. The fourth-order valence-corrected chi connectivity index (χ4v) is 5.54. The first-order valence-corrected chi connectivity index (χ1v) is 7.62. The van der Waals surface area contributed by atoms with Crippen molar-refractivity contribution in [2.24, 2.45) is 40.4 Å². The van der Waals surface area contributed by atoms with Crippen LogP contribution >= 0.6 is 0 Å². The lowest BCUT2D eigenvalue weighted by atomic mass is 9.54. The molecule has 0 aliphatic heterocycles. The Morgan fingerprint density at radius 1 is 1.28 bits per heavy atom. The van der Waals surface area contributed by atoms with Crippen molar-refractivity contribution in [3.63, 3.8) is 0 Å². The quantitative estimate of drug-likeness (QED) is 0.718. The zero-order chi connectivity index (χ0) is 13.9. The lowest BCUT2D eigenvalue weighted by Gasteiger charge is -2.50. The Kier molecular flexibility index (Phi) is 3.19. The van der Waals surface area contributed by atoms with Crippen LogP contribution in [0.5, 0.6) is 0 Å². The van der Waals surface area contributed by atoms with Gasteiger partial charge < -0.3 is 4.79 Å². The van der Waals surface area contributed by atoms with Crippen molar-refractivity contribution in [1.29, 1.82) is 0 Å². The Hall–Kier alpha value is -0.330. The molecule has 1 heteroatoms. The number of Topliss-reactive ketones (excluding diaryl/α,β-unsaturated/α-hetero) is 1. The highest BCUT2D eigenvalue weighted by atomic mass is 16.1. The third-order valence-electron chi connectivity index (χ3n) is 6.80. The molecule has 2 fully saturated rings. The molecule has 2 rings (SSSR count). The molecular formula is C17H30O. The minimum Gasteiger partial charge on any atom is -0.300 e. The summed E-state index contributed by atoms with van der Waals surface area (Å²) in [4.78, 5) is 11.5. The molecule has 18 heavy (non-hydrogen) atoms. The van der Waals surface area contributed by atoms with E-state index in [1.54, 1.807) is 6.92 Å². The highest BCUT2D eigenvalue weighted by molar-refractivity contribution is 5.75. The van der Waals surface area contributed by atoms with Gasteiger partial charge in [0.25, 0.3) is 0 Å². The Morgan fingerprint density at radius 2 is 1.83 bits per heavy atom. The largest absolute Gasteiger partial charge is 0.300 e. The third kappa shape index (κ3) is 1.77. The molecule has 0 aromatic rings. The molecule has 6 atom stereocenters. The predicted molar refractivity (Wildman–Crippen MR) is 76.3 cm³/mol. The van der Waals surface area contributed by atoms with Gasteiger partial charge in [-0.15, -0.1) is 0 Å². The first-order valence-electron chi connectivity index (χ1n) is 7.62. The summed E-state index contributed by atoms with van der Waals surface area (Å²) in [6, 6.07) is 0. The standard InChI is InChI=1S/C17H30O/c1-10(8-12(3)18)15-16(5,6)11(2)9-14-13(4)17(14,15)7/h10-11,13-15H,8-9H2,1-7H3/t10?,11?,13?,14?,15?,17-/m0/s1. The monoisotopic (exact) mass is 250 g/mol. The van der Waals surface area contributed by atoms with Crippen molar-refractivity contribution >= 4 is 5.78 Å². The van der Waals surface area contributed by atoms with Crippen LogP contribution in [-0.2, 0) is 4.79 Å². The van der Waals surface area contributed by atoms with Crippen LogP contribution in [0.3, 0.4) is 0 Å². The van der Waals surface area contributed by atoms with Crippen molar-refractivity contribution < 1.29 is 4.79 Å². The minimum absolute atomic E-state index is 0.352. The van der Waals surface area contributed by atoms with Gasteiger partial charge in [0.15, 0.2) is 0 Å². The van der Waals surface area contributed by atoms with Crippen LogP contribution in [0.1, 0.15) is 61.3 Å². The average molecular weight is 250 g/mol. The average Bonchev–Trinajstić information content (AvgIpc) is 2.68. The van der Waals surface area contributed by atoms with Gasteiger partial charge >= 0.3 is 0 Å². The van der Waals surface area contributed by atoms with Crippen LogP contribution in [-0.4, -0.2) is 5.78 Å². The first-order chi connectivity index (χ1) is 8.13. The number of ketones is 1. The molecule has 0 bridgehead atoms. The van der Waals surface area contributed by atoms with Crippen LogP contribution in [0, 0.1) is 40.4 Å². The molecule has 0 amide bonds. The Morgan fingerprint density at radius 3 is 2.33 bits per heavy atom. The normalized spacial score (nSPS) is 47.3. The van der Waals surface area contributed by atoms with Gasteiger partial charge in [-0.25, -0.2) is 0 Å². The lowest BCUT2D eigenvalue weighted by Crippen LogP contribution is -2.44. The molecule has 0 radical (unpaired) electrons. The summed E-state index contributed by atoms with van der Waals surface area (Å²) in [7, 11) is 0. The molecule has 5 unspecified atom stereocenters. The fourth-order valence-electron chi connectivity index (χ4n) is 5.54. The van der Waals surface area contributed by atoms with Gasteiger partial charge in [-0.1, -0.05) is 41.5 Å². The van der Waals surface area contributed by atoms with Gasteiger partial charge in [0, 0.05) is 6.42 Å². The van der Waals surface area contributed by atoms with Crippen LogP contribution in [0.2, 0.25) is 0 Å². The molecule has 2 saturated carbocycles. The van der Waals surface area contributed by atoms with E-state index >= 15 is 0 Å². The van der Waals surface area contributed by atoms with Crippen molar-refractivity contribution in [2.45, 2.75) is 61.3 Å². The fraction of sp³-hybridized carbons (Fsp3) is 0.941. The second-order valence-electron chi connectivity index (χ2n) is 8.08. The van der Waals surface area contributed by atoms with Crippen LogP contribution in [0.15, 0.2) is 0 Å². The molecule has 0 N–H and O–H groups in total. The van der Waals surface area contributed by atoms with E-state index in [1.165, 1.54) is 6.42 Å². The molecule has 1 nitrogen and oxygen atoms in total. The molecule has 0 spiro atoms. The number of hydrogen-bond donors (Lipinski definition) is 0. The maximum absolute atomic E-state index is 11.5. The van der Waals surface area contributed by atoms with E-state index in [1.807, 2.05) is 0 Å². The molecule has 0 heterocycles. The zero-order valence-corrected chi connectivity index (χ0v) is 13.2. The Balaban J connectivity index is 2.30. The van der Waals surface area contributed by atoms with E-state index in [0.717, 1.165) is 24.2 Å². The molecule has 2 aliphatic rings. The van der Waals surface area contributed by atoms with Crippen molar-refractivity contribution in [1.82, 2.24) is 0 Å². The predicted octanol–water partition coefficient (Wildman–Crippen LogP) is 4.56. The van der Waals surface area contributed by atoms with E-state index in [9.17, 15) is 4.79 Å². The molecule has 0 aromatic carbocycles. The van der Waals surface area contributed by atoms with E-state index in [2.05, 4.69) is 41.5 Å². The second kappa shape index (κ2) is 4.08. The molecule has 104 valence electrons.